The summed E-state index contributed by atoms with van der Waals surface area (Å²) in [7, 11) is 0. The zero-order chi connectivity index (χ0) is 13.7. The Morgan fingerprint density at radius 2 is 1.90 bits per heavy atom. The molecule has 2 rings (SSSR count). The summed E-state index contributed by atoms with van der Waals surface area (Å²) >= 11 is 0. The number of rotatable bonds is 4. The highest BCUT2D eigenvalue weighted by atomic mass is 35.5. The van der Waals surface area contributed by atoms with Crippen LogP contribution < -0.4 is 11.1 Å². The predicted octanol–water partition coefficient (Wildman–Crippen LogP) is 2.92. The zero-order valence-electron chi connectivity index (χ0n) is 12.1. The second-order valence-electron chi connectivity index (χ2n) is 5.41. The summed E-state index contributed by atoms with van der Waals surface area (Å²) in [5, 5.41) is 3.15. The van der Waals surface area contributed by atoms with Crippen LogP contribution in [0.15, 0.2) is 24.3 Å². The molecule has 0 spiro atoms. The third-order valence-corrected chi connectivity index (χ3v) is 4.15. The fourth-order valence-electron chi connectivity index (χ4n) is 2.82. The number of amides is 1. The number of hydrogen-bond acceptors (Lipinski definition) is 2. The molecule has 112 valence electrons. The van der Waals surface area contributed by atoms with Gasteiger partial charge in [0, 0.05) is 11.6 Å². The summed E-state index contributed by atoms with van der Waals surface area (Å²) in [5.41, 5.74) is 7.80. The van der Waals surface area contributed by atoms with Crippen LogP contribution in [0.5, 0.6) is 0 Å². The van der Waals surface area contributed by atoms with E-state index in [4.69, 9.17) is 5.73 Å². The lowest BCUT2D eigenvalue weighted by Crippen LogP contribution is -2.44. The minimum atomic E-state index is 0. The van der Waals surface area contributed by atoms with Crippen molar-refractivity contribution in [2.75, 3.05) is 6.54 Å². The number of nitrogens with two attached hydrogens (primary N) is 1. The minimum Gasteiger partial charge on any atom is -0.349 e. The van der Waals surface area contributed by atoms with Crippen LogP contribution in [0, 0.1) is 5.92 Å². The van der Waals surface area contributed by atoms with E-state index in [1.807, 2.05) is 24.3 Å². The summed E-state index contributed by atoms with van der Waals surface area (Å²) in [5.74, 6) is 0.473. The third kappa shape index (κ3) is 4.22. The first-order valence-corrected chi connectivity index (χ1v) is 7.34. The Morgan fingerprint density at radius 3 is 2.50 bits per heavy atom. The van der Waals surface area contributed by atoms with Crippen LogP contribution in [-0.4, -0.2) is 18.5 Å². The topological polar surface area (TPSA) is 55.1 Å². The van der Waals surface area contributed by atoms with Crippen molar-refractivity contribution in [3.8, 4) is 0 Å². The monoisotopic (exact) mass is 296 g/mol. The number of carbonyl (C=O) groups is 1. The van der Waals surface area contributed by atoms with Gasteiger partial charge in [0.2, 0.25) is 0 Å². The van der Waals surface area contributed by atoms with Crippen molar-refractivity contribution in [2.24, 2.45) is 11.7 Å². The van der Waals surface area contributed by atoms with E-state index in [0.717, 1.165) is 24.8 Å². The summed E-state index contributed by atoms with van der Waals surface area (Å²) in [6.45, 7) is 2.78. The molecule has 0 bridgehead atoms. The van der Waals surface area contributed by atoms with Gasteiger partial charge in [-0.2, -0.15) is 0 Å². The molecule has 20 heavy (non-hydrogen) atoms. The Hall–Kier alpha value is -1.06. The third-order valence-electron chi connectivity index (χ3n) is 4.15. The number of aryl methyl sites for hydroxylation is 1. The molecule has 1 amide bonds. The standard InChI is InChI=1S/C16H24N2O.ClH/c1-2-12-7-9-13(10-8-12)16(19)18-15-6-4-3-5-14(15)11-17;/h7-10,14-15H,2-6,11,17H2,1H3,(H,18,19);1H. The smallest absolute Gasteiger partial charge is 0.251 e. The number of nitrogens with one attached hydrogen (secondary N) is 1. The summed E-state index contributed by atoms with van der Waals surface area (Å²) < 4.78 is 0. The summed E-state index contributed by atoms with van der Waals surface area (Å²) in [6, 6.07) is 8.12. The molecule has 2 unspecified atom stereocenters. The van der Waals surface area contributed by atoms with Gasteiger partial charge in [0.1, 0.15) is 0 Å². The molecule has 0 aliphatic heterocycles. The Balaban J connectivity index is 0.00000200. The normalized spacial score (nSPS) is 21.9. The van der Waals surface area contributed by atoms with Gasteiger partial charge in [-0.15, -0.1) is 12.4 Å². The van der Waals surface area contributed by atoms with Gasteiger partial charge in [-0.05, 0) is 49.4 Å². The van der Waals surface area contributed by atoms with Crippen molar-refractivity contribution in [1.82, 2.24) is 5.32 Å². The van der Waals surface area contributed by atoms with Crippen LogP contribution in [-0.2, 0) is 6.42 Å². The average Bonchev–Trinajstić information content (AvgIpc) is 2.48. The molecule has 4 heteroatoms. The molecule has 0 radical (unpaired) electrons. The second-order valence-corrected chi connectivity index (χ2v) is 5.41. The first kappa shape index (κ1) is 17.0. The van der Waals surface area contributed by atoms with E-state index >= 15 is 0 Å². The van der Waals surface area contributed by atoms with Gasteiger partial charge >= 0.3 is 0 Å². The number of carbonyl (C=O) groups excluding carboxylic acids is 1. The first-order valence-electron chi connectivity index (χ1n) is 7.34. The second kappa shape index (κ2) is 8.28. The van der Waals surface area contributed by atoms with E-state index in [1.54, 1.807) is 0 Å². The molecule has 3 N–H and O–H groups in total. The Morgan fingerprint density at radius 1 is 1.25 bits per heavy atom. The largest absolute Gasteiger partial charge is 0.349 e. The maximum absolute atomic E-state index is 12.2. The zero-order valence-corrected chi connectivity index (χ0v) is 12.9. The molecule has 1 aliphatic carbocycles. The highest BCUT2D eigenvalue weighted by molar-refractivity contribution is 5.94. The van der Waals surface area contributed by atoms with Crippen molar-refractivity contribution in [2.45, 2.75) is 45.1 Å². The molecule has 1 aromatic carbocycles. The van der Waals surface area contributed by atoms with E-state index in [1.165, 1.54) is 18.4 Å². The van der Waals surface area contributed by atoms with Crippen molar-refractivity contribution in [1.29, 1.82) is 0 Å². The molecular weight excluding hydrogens is 272 g/mol. The first-order chi connectivity index (χ1) is 9.24. The molecule has 1 fully saturated rings. The maximum Gasteiger partial charge on any atom is 0.251 e. The van der Waals surface area contributed by atoms with Gasteiger partial charge < -0.3 is 11.1 Å². The van der Waals surface area contributed by atoms with Gasteiger partial charge in [-0.25, -0.2) is 0 Å². The predicted molar refractivity (Wildman–Crippen MR) is 85.3 cm³/mol. The van der Waals surface area contributed by atoms with Gasteiger partial charge in [0.25, 0.3) is 5.91 Å². The molecule has 0 aromatic heterocycles. The quantitative estimate of drug-likeness (QED) is 0.897. The molecular formula is C16H25ClN2O. The minimum absolute atomic E-state index is 0. The number of halogens is 1. The molecule has 1 aliphatic rings. The Kier molecular flexibility index (Phi) is 7.03. The van der Waals surface area contributed by atoms with Crippen molar-refractivity contribution >= 4 is 18.3 Å². The molecule has 3 nitrogen and oxygen atoms in total. The maximum atomic E-state index is 12.2. The van der Waals surface area contributed by atoms with Gasteiger partial charge in [0.05, 0.1) is 0 Å². The number of hydrogen-bond donors (Lipinski definition) is 2. The molecule has 2 atom stereocenters. The molecule has 0 heterocycles. The van der Waals surface area contributed by atoms with E-state index in [9.17, 15) is 4.79 Å². The van der Waals surface area contributed by atoms with Crippen LogP contribution in [0.2, 0.25) is 0 Å². The van der Waals surface area contributed by atoms with E-state index in [2.05, 4.69) is 12.2 Å². The van der Waals surface area contributed by atoms with Gasteiger partial charge in [-0.3, -0.25) is 4.79 Å². The van der Waals surface area contributed by atoms with E-state index < -0.39 is 0 Å². The fourth-order valence-corrected chi connectivity index (χ4v) is 2.82. The van der Waals surface area contributed by atoms with Crippen LogP contribution in [0.4, 0.5) is 0 Å². The summed E-state index contributed by atoms with van der Waals surface area (Å²) in [6.07, 6.45) is 5.62. The van der Waals surface area contributed by atoms with E-state index in [0.29, 0.717) is 12.5 Å². The van der Waals surface area contributed by atoms with Crippen LogP contribution in [0.3, 0.4) is 0 Å². The molecule has 1 saturated carbocycles. The summed E-state index contributed by atoms with van der Waals surface area (Å²) in [4.78, 5) is 12.2. The lowest BCUT2D eigenvalue weighted by atomic mass is 9.84. The lowest BCUT2D eigenvalue weighted by molar-refractivity contribution is 0.0908. The van der Waals surface area contributed by atoms with Crippen LogP contribution in [0.25, 0.3) is 0 Å². The van der Waals surface area contributed by atoms with Crippen molar-refractivity contribution in [3.05, 3.63) is 35.4 Å². The SMILES string of the molecule is CCc1ccc(C(=O)NC2CCCCC2CN)cc1.Cl. The Labute approximate surface area is 127 Å². The highest BCUT2D eigenvalue weighted by Crippen LogP contribution is 2.23. The van der Waals surface area contributed by atoms with Gasteiger partial charge in [-0.1, -0.05) is 31.9 Å². The molecule has 1 aromatic rings. The van der Waals surface area contributed by atoms with Crippen molar-refractivity contribution < 1.29 is 4.79 Å². The number of benzene rings is 1. The lowest BCUT2D eigenvalue weighted by Gasteiger charge is -2.31. The highest BCUT2D eigenvalue weighted by Gasteiger charge is 2.25. The van der Waals surface area contributed by atoms with Crippen LogP contribution in [0.1, 0.15) is 48.5 Å². The Bertz CT molecular complexity index is 419. The molecule has 0 saturated heterocycles. The average molecular weight is 297 g/mol. The fraction of sp³-hybridized carbons (Fsp3) is 0.562. The van der Waals surface area contributed by atoms with E-state index in [-0.39, 0.29) is 24.4 Å². The van der Waals surface area contributed by atoms with Crippen LogP contribution >= 0.6 is 12.4 Å². The van der Waals surface area contributed by atoms with Gasteiger partial charge in [0.15, 0.2) is 0 Å². The van der Waals surface area contributed by atoms with Crippen molar-refractivity contribution in [3.63, 3.8) is 0 Å².